The maximum Gasteiger partial charge on any atom is 0.412 e. The Morgan fingerprint density at radius 1 is 0.608 bits per heavy atom. The number of carbonyl (C=O) groups is 6. The molecule has 0 aliphatic carbocycles. The zero-order chi connectivity index (χ0) is 60.6. The lowest BCUT2D eigenvalue weighted by Crippen LogP contribution is -2.44. The summed E-state index contributed by atoms with van der Waals surface area (Å²) >= 11 is 11.7. The number of nitrogens with zero attached hydrogens (tertiary/aromatic N) is 2. The fraction of sp³-hybridized carbons (Fsp3) is 0.483. The van der Waals surface area contributed by atoms with Gasteiger partial charge in [-0.15, -0.1) is 12.4 Å². The molecule has 0 aromatic heterocycles. The maximum atomic E-state index is 12.9. The molecule has 2 atom stereocenters. The van der Waals surface area contributed by atoms with E-state index >= 15 is 0 Å². The lowest BCUT2D eigenvalue weighted by atomic mass is 10.1. The molecule has 0 bridgehead atoms. The van der Waals surface area contributed by atoms with Crippen molar-refractivity contribution in [2.75, 3.05) is 60.4 Å². The number of carbonyl (C=O) groups excluding carboxylic acids is 6. The molecule has 0 aliphatic heterocycles. The number of nitrogens with two attached hydrogens (primary N) is 1. The highest BCUT2D eigenvalue weighted by Crippen LogP contribution is 2.25. The van der Waals surface area contributed by atoms with Gasteiger partial charge in [0.05, 0.1) is 0 Å². The minimum atomic E-state index is -1.34. The number of nitrogens with one attached hydrogen (secondary N) is 3. The van der Waals surface area contributed by atoms with E-state index in [9.17, 15) is 28.8 Å². The van der Waals surface area contributed by atoms with E-state index in [2.05, 4.69) is 16.0 Å². The molecular formula is C58H85Cl3N6O12. The van der Waals surface area contributed by atoms with Crippen molar-refractivity contribution < 1.29 is 59.9 Å². The van der Waals surface area contributed by atoms with Crippen LogP contribution in [0.25, 0.3) is 0 Å². The lowest BCUT2D eigenvalue weighted by molar-refractivity contribution is -0.191. The number of amides is 4. The quantitative estimate of drug-likeness (QED) is 0.0358. The molecule has 0 saturated heterocycles. The van der Waals surface area contributed by atoms with Crippen LogP contribution in [0, 0.1) is 11.8 Å². The summed E-state index contributed by atoms with van der Waals surface area (Å²) in [6.45, 7) is 18.3. The van der Waals surface area contributed by atoms with Crippen molar-refractivity contribution in [1.82, 2.24) is 25.8 Å². The van der Waals surface area contributed by atoms with Gasteiger partial charge in [-0.2, -0.15) is 0 Å². The molecule has 0 spiro atoms. The monoisotopic (exact) mass is 1170 g/mol. The highest BCUT2D eigenvalue weighted by molar-refractivity contribution is 6.31. The second-order valence-corrected chi connectivity index (χ2v) is 19.9. The van der Waals surface area contributed by atoms with Crippen LogP contribution in [0.5, 0.6) is 11.5 Å². The molecule has 5 N–H and O–H groups in total. The molecule has 4 rings (SSSR count). The smallest absolute Gasteiger partial charge is 0.412 e. The van der Waals surface area contributed by atoms with Gasteiger partial charge in [-0.05, 0) is 132 Å². The van der Waals surface area contributed by atoms with Gasteiger partial charge in [0.25, 0.3) is 24.4 Å². The van der Waals surface area contributed by atoms with Gasteiger partial charge in [0.2, 0.25) is 0 Å². The van der Waals surface area contributed by atoms with Gasteiger partial charge in [-0.3, -0.25) is 9.59 Å². The van der Waals surface area contributed by atoms with E-state index in [1.165, 1.54) is 17.2 Å². The Kier molecular flexibility index (Phi) is 32.0. The molecule has 440 valence electrons. The average molecular weight is 1170 g/mol. The predicted octanol–water partition coefficient (Wildman–Crippen LogP) is 10.4. The van der Waals surface area contributed by atoms with Crippen LogP contribution in [0.3, 0.4) is 0 Å². The third-order valence-corrected chi connectivity index (χ3v) is 11.4. The number of halogens is 3. The number of rotatable bonds is 25. The van der Waals surface area contributed by atoms with E-state index < -0.39 is 47.9 Å². The Bertz CT molecular complexity index is 2480. The molecule has 79 heavy (non-hydrogen) atoms. The van der Waals surface area contributed by atoms with Crippen LogP contribution < -0.4 is 31.2 Å². The summed E-state index contributed by atoms with van der Waals surface area (Å²) < 4.78 is 45.5. The van der Waals surface area contributed by atoms with Gasteiger partial charge in [-0.1, -0.05) is 96.4 Å². The van der Waals surface area contributed by atoms with Gasteiger partial charge >= 0.3 is 24.1 Å². The van der Waals surface area contributed by atoms with Gasteiger partial charge in [0.15, 0.2) is 11.2 Å². The second kappa shape index (κ2) is 36.8. The number of hydrogen-bond acceptors (Lipinski definition) is 14. The largest absolute Gasteiger partial charge is 0.476 e. The first-order valence-corrected chi connectivity index (χ1v) is 26.1. The Labute approximate surface area is 487 Å². The Hall–Kier alpha value is -6.31. The standard InChI is InChI=1S/C28H38ClN3O6.C27H36ClN3O6.C2H6.CH4.ClH/c1-19(2)25(37-27(35)32(6)18-17-30-5)36-26(34)28(3,4)38-23-13-7-20(8-14-23)15-16-31-24(33)21-9-11-22(29)12-10-21;1-18(2)24(36-26(34)31(5)17-15-29)35-25(33)27(3,4)37-22-12-6-19(7-13-22)14-16-30-23(32)20-8-10-21(28)11-9-20;1-2;;/h7-14,19,25,30H,15-18H2,1-6H3,(H,31,33);6-13,18,24H,14-17,29H2,1-5H3,(H,30,32);1-2H3;1H4;1H/i;;1D;1T;. The molecule has 4 amide bonds. The van der Waals surface area contributed by atoms with Gasteiger partial charge in [0, 0.05) is 89.1 Å². The van der Waals surface area contributed by atoms with E-state index in [-0.39, 0.29) is 42.6 Å². The molecule has 0 saturated carbocycles. The summed E-state index contributed by atoms with van der Waals surface area (Å²) in [7, 11) is 6.21. The van der Waals surface area contributed by atoms with Crippen LogP contribution in [0.15, 0.2) is 97.1 Å². The molecule has 0 aliphatic rings. The summed E-state index contributed by atoms with van der Waals surface area (Å²) in [6, 6.07) is 27.8. The zero-order valence-electron chi connectivity index (χ0n) is 49.9. The second-order valence-electron chi connectivity index (χ2n) is 19.1. The molecule has 21 heteroatoms. The third-order valence-electron chi connectivity index (χ3n) is 10.9. The first-order chi connectivity index (χ1) is 37.8. The summed E-state index contributed by atoms with van der Waals surface area (Å²) in [4.78, 5) is 77.4. The molecular weight excluding hydrogens is 1080 g/mol. The minimum absolute atomic E-state index is 0. The topological polar surface area (TPSA) is 226 Å². The van der Waals surface area contributed by atoms with Crippen molar-refractivity contribution in [1.29, 1.82) is 0 Å². The summed E-state index contributed by atoms with van der Waals surface area (Å²) in [5.74, 6) is -1.25. The van der Waals surface area contributed by atoms with E-state index in [1.807, 2.05) is 24.3 Å². The SMILES string of the molecule is CC(C)C(OC(=O)N(C)CCN)OC(=O)C(C)(C)Oc1ccc(CCNC(=O)c2ccc(Cl)cc2)cc1.CNCCN(C)C(=O)OC(OC(=O)C(C)(C)Oc1ccc(CCNC(=O)c2ccc(Cl)cc2)cc1)C(C)C.Cl.[2H]CC.[3H]C. The predicted molar refractivity (Wildman–Crippen MR) is 313 cm³/mol. The van der Waals surface area contributed by atoms with Crippen molar-refractivity contribution in [2.24, 2.45) is 17.6 Å². The molecule has 2 unspecified atom stereocenters. The highest BCUT2D eigenvalue weighted by Gasteiger charge is 2.37. The normalized spacial score (nSPS) is 11.7. The third kappa shape index (κ3) is 26.5. The van der Waals surface area contributed by atoms with Gasteiger partial charge in [0.1, 0.15) is 11.5 Å². The fourth-order valence-corrected chi connectivity index (χ4v) is 6.54. The maximum absolute atomic E-state index is 12.9. The van der Waals surface area contributed by atoms with E-state index in [0.29, 0.717) is 85.1 Å². The van der Waals surface area contributed by atoms with Crippen molar-refractivity contribution in [2.45, 2.75) is 113 Å². The van der Waals surface area contributed by atoms with Crippen LogP contribution in [-0.4, -0.2) is 130 Å². The van der Waals surface area contributed by atoms with Crippen molar-refractivity contribution in [3.8, 4) is 11.5 Å². The summed E-state index contributed by atoms with van der Waals surface area (Å²) in [5, 5.41) is 9.85. The lowest BCUT2D eigenvalue weighted by Gasteiger charge is -2.29. The minimum Gasteiger partial charge on any atom is -0.476 e. The number of likely N-dealkylation sites (N-methyl/N-ethyl adjacent to an activating group) is 3. The van der Waals surface area contributed by atoms with Crippen molar-refractivity contribution in [3.05, 3.63) is 129 Å². The van der Waals surface area contributed by atoms with Gasteiger partial charge in [-0.25, -0.2) is 19.2 Å². The number of esters is 2. The highest BCUT2D eigenvalue weighted by atomic mass is 35.5. The van der Waals surface area contributed by atoms with Crippen LogP contribution >= 0.6 is 35.6 Å². The van der Waals surface area contributed by atoms with Crippen LogP contribution in [0.1, 0.15) is 111 Å². The van der Waals surface area contributed by atoms with Crippen LogP contribution in [0.4, 0.5) is 9.59 Å². The summed E-state index contributed by atoms with van der Waals surface area (Å²) in [5.41, 5.74) is 5.86. The van der Waals surface area contributed by atoms with E-state index in [0.717, 1.165) is 11.1 Å². The van der Waals surface area contributed by atoms with E-state index in [4.69, 9.17) is 60.1 Å². The summed E-state index contributed by atoms with van der Waals surface area (Å²) in [6.07, 6.45) is -2.10. The zero-order valence-corrected chi connectivity index (χ0v) is 50.3. The van der Waals surface area contributed by atoms with Gasteiger partial charge < -0.3 is 59.9 Å². The van der Waals surface area contributed by atoms with Crippen molar-refractivity contribution in [3.63, 3.8) is 0 Å². The Morgan fingerprint density at radius 2 is 0.937 bits per heavy atom. The first-order valence-electron chi connectivity index (χ1n) is 27.0. The number of hydrogen-bond donors (Lipinski definition) is 4. The fourth-order valence-electron chi connectivity index (χ4n) is 6.29. The molecule has 18 nitrogen and oxygen atoms in total. The van der Waals surface area contributed by atoms with Crippen LogP contribution in [0.2, 0.25) is 10.0 Å². The molecule has 0 heterocycles. The Balaban J connectivity index is 0.00000145. The molecule has 0 fully saturated rings. The first kappa shape index (κ1) is 68.8. The molecule has 4 aromatic rings. The molecule has 4 aromatic carbocycles. The van der Waals surface area contributed by atoms with Crippen LogP contribution in [-0.2, 0) is 41.4 Å². The number of ether oxygens (including phenoxy) is 6. The molecule has 0 radical (unpaired) electrons. The van der Waals surface area contributed by atoms with Crippen molar-refractivity contribution >= 4 is 71.5 Å². The Morgan fingerprint density at radius 3 is 1.24 bits per heavy atom. The van der Waals surface area contributed by atoms with E-state index in [1.54, 1.807) is 156 Å². The number of benzene rings is 4. The average Bonchev–Trinajstić information content (AvgIpc) is 3.45.